The van der Waals surface area contributed by atoms with Crippen molar-refractivity contribution >= 4 is 5.78 Å². The van der Waals surface area contributed by atoms with Gasteiger partial charge in [0.1, 0.15) is 5.78 Å². The Morgan fingerprint density at radius 2 is 2.36 bits per heavy atom. The van der Waals surface area contributed by atoms with E-state index in [-0.39, 0.29) is 5.92 Å². The van der Waals surface area contributed by atoms with Crippen molar-refractivity contribution in [2.75, 3.05) is 26.3 Å². The molecule has 3 heteroatoms. The Labute approximate surface area is 85.4 Å². The SMILES string of the molecule is CC1CN(C2CCCOC2)CCC1=O. The van der Waals surface area contributed by atoms with Gasteiger partial charge in [-0.2, -0.15) is 0 Å². The highest BCUT2D eigenvalue weighted by molar-refractivity contribution is 5.81. The summed E-state index contributed by atoms with van der Waals surface area (Å²) in [7, 11) is 0. The smallest absolute Gasteiger partial charge is 0.138 e. The van der Waals surface area contributed by atoms with Crippen molar-refractivity contribution in [1.82, 2.24) is 4.90 Å². The van der Waals surface area contributed by atoms with Gasteiger partial charge in [0.25, 0.3) is 0 Å². The van der Waals surface area contributed by atoms with Crippen molar-refractivity contribution in [3.63, 3.8) is 0 Å². The molecule has 2 aliphatic rings. The predicted octanol–water partition coefficient (Wildman–Crippen LogP) is 1.08. The maximum atomic E-state index is 11.4. The Kier molecular flexibility index (Phi) is 3.19. The third-order valence-electron chi connectivity index (χ3n) is 3.36. The van der Waals surface area contributed by atoms with Gasteiger partial charge in [-0.25, -0.2) is 0 Å². The second kappa shape index (κ2) is 4.41. The molecule has 14 heavy (non-hydrogen) atoms. The first-order valence-corrected chi connectivity index (χ1v) is 5.62. The highest BCUT2D eigenvalue weighted by Gasteiger charge is 2.29. The number of nitrogens with zero attached hydrogens (tertiary/aromatic N) is 1. The number of Topliss-reactive ketones (excluding diaryl/α,β-unsaturated/α-hetero) is 1. The number of ketones is 1. The Bertz CT molecular complexity index is 211. The minimum atomic E-state index is 0.227. The summed E-state index contributed by atoms with van der Waals surface area (Å²) >= 11 is 0. The average molecular weight is 197 g/mol. The number of piperidine rings is 1. The van der Waals surface area contributed by atoms with Gasteiger partial charge in [-0.1, -0.05) is 6.92 Å². The number of hydrogen-bond donors (Lipinski definition) is 0. The molecule has 0 saturated carbocycles. The van der Waals surface area contributed by atoms with Crippen LogP contribution in [0.1, 0.15) is 26.2 Å². The molecule has 2 saturated heterocycles. The van der Waals surface area contributed by atoms with Crippen LogP contribution in [0.4, 0.5) is 0 Å². The van der Waals surface area contributed by atoms with Crippen molar-refractivity contribution in [3.8, 4) is 0 Å². The zero-order valence-corrected chi connectivity index (χ0v) is 8.87. The zero-order chi connectivity index (χ0) is 9.97. The molecular weight excluding hydrogens is 178 g/mol. The minimum absolute atomic E-state index is 0.227. The van der Waals surface area contributed by atoms with Crippen LogP contribution in [0.15, 0.2) is 0 Å². The number of carbonyl (C=O) groups is 1. The van der Waals surface area contributed by atoms with E-state index in [1.807, 2.05) is 6.92 Å². The van der Waals surface area contributed by atoms with E-state index < -0.39 is 0 Å². The molecule has 0 amide bonds. The topological polar surface area (TPSA) is 29.5 Å². The van der Waals surface area contributed by atoms with Gasteiger partial charge in [-0.05, 0) is 12.8 Å². The molecule has 0 spiro atoms. The molecule has 2 atom stereocenters. The number of hydrogen-bond acceptors (Lipinski definition) is 3. The van der Waals surface area contributed by atoms with E-state index in [2.05, 4.69) is 4.90 Å². The molecule has 0 N–H and O–H groups in total. The van der Waals surface area contributed by atoms with Gasteiger partial charge < -0.3 is 4.74 Å². The van der Waals surface area contributed by atoms with Gasteiger partial charge in [-0.15, -0.1) is 0 Å². The molecule has 3 nitrogen and oxygen atoms in total. The maximum absolute atomic E-state index is 11.4. The van der Waals surface area contributed by atoms with Crippen molar-refractivity contribution in [1.29, 1.82) is 0 Å². The summed E-state index contributed by atoms with van der Waals surface area (Å²) in [5, 5.41) is 0. The molecule has 0 aliphatic carbocycles. The Hall–Kier alpha value is -0.410. The third kappa shape index (κ3) is 2.15. The summed E-state index contributed by atoms with van der Waals surface area (Å²) in [6.07, 6.45) is 3.14. The fourth-order valence-corrected chi connectivity index (χ4v) is 2.39. The molecule has 0 aromatic rings. The molecule has 0 aromatic heterocycles. The van der Waals surface area contributed by atoms with Crippen molar-refractivity contribution in [3.05, 3.63) is 0 Å². The highest BCUT2D eigenvalue weighted by atomic mass is 16.5. The second-order valence-electron chi connectivity index (χ2n) is 4.48. The largest absolute Gasteiger partial charge is 0.380 e. The summed E-state index contributed by atoms with van der Waals surface area (Å²) in [5.74, 6) is 0.656. The number of ether oxygens (including phenoxy) is 1. The van der Waals surface area contributed by atoms with Gasteiger partial charge in [0.05, 0.1) is 6.61 Å². The number of rotatable bonds is 1. The van der Waals surface area contributed by atoms with Gasteiger partial charge in [0.2, 0.25) is 0 Å². The van der Waals surface area contributed by atoms with Crippen LogP contribution in [-0.2, 0) is 9.53 Å². The van der Waals surface area contributed by atoms with Crippen molar-refractivity contribution in [2.45, 2.75) is 32.2 Å². The molecule has 80 valence electrons. The number of carbonyl (C=O) groups excluding carboxylic acids is 1. The lowest BCUT2D eigenvalue weighted by Crippen LogP contribution is -2.48. The third-order valence-corrected chi connectivity index (χ3v) is 3.36. The Morgan fingerprint density at radius 1 is 1.50 bits per heavy atom. The van der Waals surface area contributed by atoms with E-state index in [0.717, 1.165) is 32.7 Å². The van der Waals surface area contributed by atoms with E-state index in [4.69, 9.17) is 4.74 Å². The minimum Gasteiger partial charge on any atom is -0.380 e. The van der Waals surface area contributed by atoms with Crippen LogP contribution in [0.3, 0.4) is 0 Å². The summed E-state index contributed by atoms with van der Waals surface area (Å²) in [6.45, 7) is 5.70. The monoisotopic (exact) mass is 197 g/mol. The summed E-state index contributed by atoms with van der Waals surface area (Å²) in [5.41, 5.74) is 0. The van der Waals surface area contributed by atoms with E-state index in [1.54, 1.807) is 0 Å². The van der Waals surface area contributed by atoms with Gasteiger partial charge >= 0.3 is 0 Å². The van der Waals surface area contributed by atoms with Crippen LogP contribution >= 0.6 is 0 Å². The predicted molar refractivity (Wildman–Crippen MR) is 54.2 cm³/mol. The van der Waals surface area contributed by atoms with Crippen LogP contribution in [0.2, 0.25) is 0 Å². The van der Waals surface area contributed by atoms with E-state index in [1.165, 1.54) is 12.8 Å². The lowest BCUT2D eigenvalue weighted by Gasteiger charge is -2.38. The van der Waals surface area contributed by atoms with E-state index in [9.17, 15) is 4.79 Å². The molecule has 0 radical (unpaired) electrons. The quantitative estimate of drug-likeness (QED) is 0.630. The average Bonchev–Trinajstić information content (AvgIpc) is 2.23. The molecule has 2 fully saturated rings. The van der Waals surface area contributed by atoms with Crippen LogP contribution in [0, 0.1) is 5.92 Å². The maximum Gasteiger partial charge on any atom is 0.138 e. The van der Waals surface area contributed by atoms with Crippen LogP contribution in [0.5, 0.6) is 0 Å². The first-order chi connectivity index (χ1) is 6.77. The summed E-state index contributed by atoms with van der Waals surface area (Å²) < 4.78 is 5.47. The molecular formula is C11H19NO2. The molecule has 2 rings (SSSR count). The standard InChI is InChI=1S/C11H19NO2/c1-9-7-12(5-4-11(9)13)10-3-2-6-14-8-10/h9-10H,2-8H2,1H3. The molecule has 2 heterocycles. The normalized spacial score (nSPS) is 35.9. The highest BCUT2D eigenvalue weighted by Crippen LogP contribution is 2.19. The lowest BCUT2D eigenvalue weighted by atomic mass is 9.96. The summed E-state index contributed by atoms with van der Waals surface area (Å²) in [4.78, 5) is 13.8. The fraction of sp³-hybridized carbons (Fsp3) is 0.909. The number of likely N-dealkylation sites (tertiary alicyclic amines) is 1. The lowest BCUT2D eigenvalue weighted by molar-refractivity contribution is -0.127. The van der Waals surface area contributed by atoms with Gasteiger partial charge in [0.15, 0.2) is 0 Å². The van der Waals surface area contributed by atoms with Crippen LogP contribution in [0.25, 0.3) is 0 Å². The second-order valence-corrected chi connectivity index (χ2v) is 4.48. The Morgan fingerprint density at radius 3 is 3.00 bits per heavy atom. The molecule has 2 aliphatic heterocycles. The van der Waals surface area contributed by atoms with Crippen molar-refractivity contribution in [2.24, 2.45) is 5.92 Å². The van der Waals surface area contributed by atoms with Gasteiger partial charge in [0, 0.05) is 38.1 Å². The summed E-state index contributed by atoms with van der Waals surface area (Å²) in [6, 6.07) is 0.569. The Balaban J connectivity index is 1.88. The zero-order valence-electron chi connectivity index (χ0n) is 8.87. The molecule has 0 aromatic carbocycles. The van der Waals surface area contributed by atoms with E-state index >= 15 is 0 Å². The molecule has 0 bridgehead atoms. The fourth-order valence-electron chi connectivity index (χ4n) is 2.39. The van der Waals surface area contributed by atoms with E-state index in [0.29, 0.717) is 11.8 Å². The first kappa shape index (κ1) is 10.1. The van der Waals surface area contributed by atoms with Gasteiger partial charge in [-0.3, -0.25) is 9.69 Å². The first-order valence-electron chi connectivity index (χ1n) is 5.62. The van der Waals surface area contributed by atoms with Crippen molar-refractivity contribution < 1.29 is 9.53 Å². The van der Waals surface area contributed by atoms with Crippen LogP contribution < -0.4 is 0 Å². The van der Waals surface area contributed by atoms with Crippen LogP contribution in [-0.4, -0.2) is 43.0 Å². The molecule has 2 unspecified atom stereocenters.